The Bertz CT molecular complexity index is 751. The van der Waals surface area contributed by atoms with Crippen LogP contribution in [-0.2, 0) is 22.0 Å². The predicted molar refractivity (Wildman–Crippen MR) is 64.7 cm³/mol. The molecule has 0 aliphatic carbocycles. The van der Waals surface area contributed by atoms with Gasteiger partial charge in [-0.25, -0.2) is 8.42 Å². The van der Waals surface area contributed by atoms with Crippen molar-refractivity contribution in [3.05, 3.63) is 28.0 Å². The quantitative estimate of drug-likeness (QED) is 0.446. The van der Waals surface area contributed by atoms with Crippen molar-refractivity contribution >= 4 is 25.6 Å². The van der Waals surface area contributed by atoms with Gasteiger partial charge < -0.3 is 14.6 Å². The molecule has 0 aliphatic heterocycles. The van der Waals surface area contributed by atoms with Crippen LogP contribution in [0.2, 0.25) is 0 Å². The number of nitro groups is 1. The maximum atomic E-state index is 11.2. The lowest BCUT2D eigenvalue weighted by molar-refractivity contribution is -0.392. The van der Waals surface area contributed by atoms with E-state index in [1.807, 2.05) is 6.92 Å². The fourth-order valence-corrected chi connectivity index (χ4v) is 2.32. The summed E-state index contributed by atoms with van der Waals surface area (Å²) in [6.45, 7) is 1.73. The van der Waals surface area contributed by atoms with Gasteiger partial charge in [-0.3, -0.25) is 0 Å². The van der Waals surface area contributed by atoms with Gasteiger partial charge in [-0.2, -0.15) is 9.67 Å². The van der Waals surface area contributed by atoms with E-state index >= 15 is 0 Å². The molecule has 0 amide bonds. The second-order valence-electron chi connectivity index (χ2n) is 3.67. The molecule has 0 N–H and O–H groups in total. The highest BCUT2D eigenvalue weighted by molar-refractivity contribution is 8.13. The Morgan fingerprint density at radius 1 is 1.55 bits per heavy atom. The highest BCUT2D eigenvalue weighted by Crippen LogP contribution is 2.25. The summed E-state index contributed by atoms with van der Waals surface area (Å²) in [6.07, 6.45) is 1.50. The summed E-state index contributed by atoms with van der Waals surface area (Å²) in [6, 6.07) is 0. The first-order valence-electron chi connectivity index (χ1n) is 5.29. The van der Waals surface area contributed by atoms with Crippen molar-refractivity contribution in [1.82, 2.24) is 19.9 Å². The molecule has 20 heavy (non-hydrogen) atoms. The lowest BCUT2D eigenvalue weighted by Crippen LogP contribution is -2.01. The third-order valence-corrected chi connectivity index (χ3v) is 3.58. The number of aryl methyl sites for hydroxylation is 1. The molecule has 12 heteroatoms. The minimum absolute atomic E-state index is 0.0970. The van der Waals surface area contributed by atoms with E-state index in [4.69, 9.17) is 15.2 Å². The number of rotatable bonds is 5. The smallest absolute Gasteiger partial charge is 0.358 e. The molecular weight excluding hydrogens is 314 g/mol. The second-order valence-corrected chi connectivity index (χ2v) is 6.20. The van der Waals surface area contributed by atoms with Crippen LogP contribution in [0.25, 0.3) is 0 Å². The average molecular weight is 322 g/mol. The summed E-state index contributed by atoms with van der Waals surface area (Å²) in [4.78, 5) is 13.1. The Balaban J connectivity index is 2.36. The van der Waals surface area contributed by atoms with Crippen LogP contribution in [0, 0.1) is 10.1 Å². The highest BCUT2D eigenvalue weighted by Gasteiger charge is 2.30. The molecule has 2 rings (SSSR count). The summed E-state index contributed by atoms with van der Waals surface area (Å²) >= 11 is 0. The minimum atomic E-state index is -4.27. The van der Waals surface area contributed by atoms with Gasteiger partial charge in [0.1, 0.15) is 6.54 Å². The molecule has 0 fully saturated rings. The van der Waals surface area contributed by atoms with Gasteiger partial charge in [0.05, 0.1) is 11.3 Å². The van der Waals surface area contributed by atoms with Gasteiger partial charge in [0.15, 0.2) is 5.82 Å². The standard InChI is InChI=1S/C8H8ClN5O5S/c1-2-6-10-7(19-12-6)4-13-3-5(20(9,17)18)8(11-13)14(15)16/h3H,2,4H2,1H3. The number of nitrogens with zero attached hydrogens (tertiary/aromatic N) is 5. The minimum Gasteiger partial charge on any atom is -0.358 e. The number of aromatic nitrogens is 4. The molecule has 0 saturated carbocycles. The van der Waals surface area contributed by atoms with E-state index in [0.29, 0.717) is 12.2 Å². The van der Waals surface area contributed by atoms with E-state index in [1.165, 1.54) is 0 Å². The molecule has 10 nitrogen and oxygen atoms in total. The van der Waals surface area contributed by atoms with E-state index < -0.39 is 24.7 Å². The van der Waals surface area contributed by atoms with Gasteiger partial charge in [-0.15, -0.1) is 0 Å². The summed E-state index contributed by atoms with van der Waals surface area (Å²) in [5.74, 6) is -0.236. The monoisotopic (exact) mass is 321 g/mol. The van der Waals surface area contributed by atoms with Crippen LogP contribution in [0.1, 0.15) is 18.6 Å². The Kier molecular flexibility index (Phi) is 3.72. The summed E-state index contributed by atoms with van der Waals surface area (Å²) in [5.41, 5.74) is 0. The number of hydrogen-bond donors (Lipinski definition) is 0. The molecular formula is C8H8ClN5O5S. The molecule has 0 aromatic carbocycles. The first kappa shape index (κ1) is 14.4. The first-order chi connectivity index (χ1) is 9.31. The van der Waals surface area contributed by atoms with E-state index in [0.717, 1.165) is 10.9 Å². The normalized spacial score (nSPS) is 11.7. The van der Waals surface area contributed by atoms with Crippen LogP contribution in [0.4, 0.5) is 5.82 Å². The lowest BCUT2D eigenvalue weighted by atomic mass is 10.5. The summed E-state index contributed by atoms with van der Waals surface area (Å²) < 4.78 is 28.3. The van der Waals surface area contributed by atoms with E-state index in [2.05, 4.69) is 15.2 Å². The SMILES string of the molecule is CCc1noc(Cn2cc(S(=O)(=O)Cl)c([N+](=O)[O-])n2)n1. The molecule has 0 bridgehead atoms. The molecule has 2 aromatic rings. The molecule has 0 radical (unpaired) electrons. The van der Waals surface area contributed by atoms with Crippen LogP contribution < -0.4 is 0 Å². The molecule has 0 saturated heterocycles. The summed E-state index contributed by atoms with van der Waals surface area (Å²) in [7, 11) is 0.845. The van der Waals surface area contributed by atoms with Gasteiger partial charge in [0, 0.05) is 17.1 Å². The van der Waals surface area contributed by atoms with Crippen LogP contribution in [0.15, 0.2) is 15.6 Å². The largest absolute Gasteiger partial charge is 0.410 e. The van der Waals surface area contributed by atoms with Crippen molar-refractivity contribution in [2.45, 2.75) is 24.8 Å². The molecule has 2 aromatic heterocycles. The fraction of sp³-hybridized carbons (Fsp3) is 0.375. The van der Waals surface area contributed by atoms with Gasteiger partial charge >= 0.3 is 5.82 Å². The zero-order valence-electron chi connectivity index (χ0n) is 10.1. The summed E-state index contributed by atoms with van der Waals surface area (Å²) in [5, 5.41) is 17.9. The Morgan fingerprint density at radius 2 is 2.25 bits per heavy atom. The molecule has 0 aliphatic rings. The van der Waals surface area contributed by atoms with Crippen LogP contribution in [0.5, 0.6) is 0 Å². The first-order valence-corrected chi connectivity index (χ1v) is 7.60. The second kappa shape index (κ2) is 5.17. The maximum Gasteiger partial charge on any atom is 0.410 e. The van der Waals surface area contributed by atoms with Crippen molar-refractivity contribution in [3.63, 3.8) is 0 Å². The van der Waals surface area contributed by atoms with E-state index in [-0.39, 0.29) is 12.4 Å². The predicted octanol–water partition coefficient (Wildman–Crippen LogP) is 0.712. The number of hydrogen-bond acceptors (Lipinski definition) is 8. The molecule has 0 spiro atoms. The van der Waals surface area contributed by atoms with E-state index in [9.17, 15) is 18.5 Å². The topological polar surface area (TPSA) is 134 Å². The van der Waals surface area contributed by atoms with Crippen molar-refractivity contribution in [2.24, 2.45) is 0 Å². The van der Waals surface area contributed by atoms with Gasteiger partial charge in [0.2, 0.25) is 10.8 Å². The molecule has 2 heterocycles. The van der Waals surface area contributed by atoms with Gasteiger partial charge in [0.25, 0.3) is 9.05 Å². The third-order valence-electron chi connectivity index (χ3n) is 2.27. The van der Waals surface area contributed by atoms with E-state index in [1.54, 1.807) is 0 Å². The van der Waals surface area contributed by atoms with Gasteiger partial charge in [-0.1, -0.05) is 12.1 Å². The van der Waals surface area contributed by atoms with Crippen LogP contribution in [-0.4, -0.2) is 33.3 Å². The van der Waals surface area contributed by atoms with Crippen molar-refractivity contribution in [1.29, 1.82) is 0 Å². The van der Waals surface area contributed by atoms with Crippen molar-refractivity contribution in [2.75, 3.05) is 0 Å². The number of halogens is 1. The average Bonchev–Trinajstić information content (AvgIpc) is 2.95. The van der Waals surface area contributed by atoms with Gasteiger partial charge in [-0.05, 0) is 4.92 Å². The molecule has 0 atom stereocenters. The Hall–Kier alpha value is -2.01. The molecule has 108 valence electrons. The zero-order valence-corrected chi connectivity index (χ0v) is 11.6. The lowest BCUT2D eigenvalue weighted by Gasteiger charge is -1.89. The van der Waals surface area contributed by atoms with Crippen molar-refractivity contribution in [3.8, 4) is 0 Å². The van der Waals surface area contributed by atoms with Crippen LogP contribution >= 0.6 is 10.7 Å². The highest BCUT2D eigenvalue weighted by atomic mass is 35.7. The van der Waals surface area contributed by atoms with Crippen LogP contribution in [0.3, 0.4) is 0 Å². The zero-order chi connectivity index (χ0) is 14.9. The maximum absolute atomic E-state index is 11.2. The Labute approximate surface area is 116 Å². The Morgan fingerprint density at radius 3 is 2.70 bits per heavy atom. The van der Waals surface area contributed by atoms with Crippen molar-refractivity contribution < 1.29 is 17.9 Å². The molecule has 0 unspecified atom stereocenters. The third kappa shape index (κ3) is 2.93. The fourth-order valence-electron chi connectivity index (χ4n) is 1.41.